The van der Waals surface area contributed by atoms with Crippen molar-refractivity contribution in [3.8, 4) is 0 Å². The van der Waals surface area contributed by atoms with E-state index in [1.807, 2.05) is 17.7 Å². The van der Waals surface area contributed by atoms with E-state index in [2.05, 4.69) is 4.98 Å². The van der Waals surface area contributed by atoms with Gasteiger partial charge in [-0.3, -0.25) is 4.79 Å². The third-order valence-corrected chi connectivity index (χ3v) is 2.80. The van der Waals surface area contributed by atoms with Crippen LogP contribution in [0.2, 0.25) is 0 Å². The predicted molar refractivity (Wildman–Crippen MR) is 70.9 cm³/mol. The Morgan fingerprint density at radius 1 is 1.37 bits per heavy atom. The number of aromatic nitrogens is 2. The number of amides is 1. The number of hydrogen-bond donors (Lipinski definition) is 1. The van der Waals surface area contributed by atoms with Crippen LogP contribution in [0.5, 0.6) is 0 Å². The van der Waals surface area contributed by atoms with Crippen LogP contribution in [0, 0.1) is 0 Å². The topological polar surface area (TPSA) is 75.4 Å². The fourth-order valence-electron chi connectivity index (χ4n) is 1.71. The van der Waals surface area contributed by atoms with Gasteiger partial charge in [-0.05, 0) is 18.2 Å². The molecule has 1 aromatic carbocycles. The van der Waals surface area contributed by atoms with Crippen LogP contribution < -0.4 is 4.90 Å². The number of carbonyl (C=O) groups excluding carboxylic acids is 1. The van der Waals surface area contributed by atoms with Crippen LogP contribution >= 0.6 is 0 Å². The zero-order valence-electron chi connectivity index (χ0n) is 10.6. The summed E-state index contributed by atoms with van der Waals surface area (Å²) in [5.74, 6) is -1.56. The Labute approximate surface area is 109 Å². The van der Waals surface area contributed by atoms with Gasteiger partial charge in [0.1, 0.15) is 0 Å². The number of aliphatic carboxylic acids is 1. The first-order valence-corrected chi connectivity index (χ1v) is 5.59. The highest BCUT2D eigenvalue weighted by atomic mass is 16.4. The first-order chi connectivity index (χ1) is 8.99. The molecule has 0 aliphatic rings. The molecule has 0 spiro atoms. The fourth-order valence-corrected chi connectivity index (χ4v) is 1.71. The lowest BCUT2D eigenvalue weighted by atomic mass is 10.2. The molecule has 0 atom stereocenters. The molecule has 0 saturated heterocycles. The Bertz CT molecular complexity index is 673. The summed E-state index contributed by atoms with van der Waals surface area (Å²) in [6.07, 6.45) is 3.53. The van der Waals surface area contributed by atoms with Crippen molar-refractivity contribution in [3.05, 3.63) is 36.7 Å². The van der Waals surface area contributed by atoms with E-state index in [1.54, 1.807) is 25.5 Å². The van der Waals surface area contributed by atoms with Crippen molar-refractivity contribution in [2.24, 2.45) is 7.05 Å². The largest absolute Gasteiger partial charge is 0.478 e. The van der Waals surface area contributed by atoms with Crippen molar-refractivity contribution in [2.45, 2.75) is 0 Å². The number of fused-ring (bicyclic) bond motifs is 1. The van der Waals surface area contributed by atoms with Crippen molar-refractivity contribution in [3.63, 3.8) is 0 Å². The van der Waals surface area contributed by atoms with E-state index in [-0.39, 0.29) is 0 Å². The highest BCUT2D eigenvalue weighted by Crippen LogP contribution is 2.20. The van der Waals surface area contributed by atoms with Crippen LogP contribution in [0.1, 0.15) is 0 Å². The molecular weight excluding hydrogens is 246 g/mol. The maximum atomic E-state index is 11.7. The lowest BCUT2D eigenvalue weighted by molar-refractivity contribution is -0.131. The van der Waals surface area contributed by atoms with Crippen LogP contribution in [0.15, 0.2) is 36.7 Å². The minimum atomic E-state index is -1.15. The van der Waals surface area contributed by atoms with Gasteiger partial charge in [0.15, 0.2) is 0 Å². The number of anilines is 1. The maximum Gasteiger partial charge on any atom is 0.328 e. The first kappa shape index (κ1) is 12.8. The summed E-state index contributed by atoms with van der Waals surface area (Å²) in [4.78, 5) is 27.7. The molecule has 0 fully saturated rings. The molecule has 1 amide bonds. The van der Waals surface area contributed by atoms with E-state index in [0.29, 0.717) is 5.69 Å². The molecule has 2 rings (SSSR count). The monoisotopic (exact) mass is 259 g/mol. The lowest BCUT2D eigenvalue weighted by Crippen LogP contribution is -2.24. The maximum absolute atomic E-state index is 11.7. The molecule has 2 aromatic rings. The van der Waals surface area contributed by atoms with Gasteiger partial charge in [-0.2, -0.15) is 0 Å². The van der Waals surface area contributed by atoms with Gasteiger partial charge < -0.3 is 14.6 Å². The quantitative estimate of drug-likeness (QED) is 0.840. The molecule has 1 heterocycles. The summed E-state index contributed by atoms with van der Waals surface area (Å²) in [7, 11) is 3.47. The summed E-state index contributed by atoms with van der Waals surface area (Å²) in [6, 6.07) is 5.43. The Kier molecular flexibility index (Phi) is 3.33. The highest BCUT2D eigenvalue weighted by Gasteiger charge is 2.10. The Morgan fingerprint density at radius 3 is 2.79 bits per heavy atom. The number of rotatable bonds is 3. The van der Waals surface area contributed by atoms with E-state index in [1.165, 1.54) is 4.90 Å². The average molecular weight is 259 g/mol. The summed E-state index contributed by atoms with van der Waals surface area (Å²) in [6.45, 7) is 0. The Balaban J connectivity index is 2.28. The van der Waals surface area contributed by atoms with Crippen molar-refractivity contribution in [1.82, 2.24) is 9.55 Å². The van der Waals surface area contributed by atoms with E-state index in [0.717, 1.165) is 23.2 Å². The van der Waals surface area contributed by atoms with Gasteiger partial charge in [0, 0.05) is 31.9 Å². The molecule has 19 heavy (non-hydrogen) atoms. The Morgan fingerprint density at radius 2 is 2.11 bits per heavy atom. The van der Waals surface area contributed by atoms with Crippen molar-refractivity contribution in [2.75, 3.05) is 11.9 Å². The van der Waals surface area contributed by atoms with E-state index in [4.69, 9.17) is 5.11 Å². The molecule has 0 aliphatic carbocycles. The molecule has 1 aromatic heterocycles. The molecule has 1 N–H and O–H groups in total. The Hall–Kier alpha value is -2.63. The number of benzene rings is 1. The van der Waals surface area contributed by atoms with E-state index >= 15 is 0 Å². The number of carboxylic acid groups (broad SMARTS) is 1. The fraction of sp³-hybridized carbons (Fsp3) is 0.154. The van der Waals surface area contributed by atoms with Gasteiger partial charge in [-0.1, -0.05) is 0 Å². The molecule has 0 saturated carbocycles. The third-order valence-electron chi connectivity index (χ3n) is 2.80. The van der Waals surface area contributed by atoms with Crippen molar-refractivity contribution < 1.29 is 14.7 Å². The molecular formula is C13H13N3O3. The van der Waals surface area contributed by atoms with Crippen LogP contribution in [-0.2, 0) is 16.6 Å². The van der Waals surface area contributed by atoms with Crippen LogP contribution in [0.25, 0.3) is 11.0 Å². The molecule has 6 heteroatoms. The van der Waals surface area contributed by atoms with Gasteiger partial charge in [0.25, 0.3) is 5.91 Å². The predicted octanol–water partition coefficient (Wildman–Crippen LogP) is 1.18. The van der Waals surface area contributed by atoms with E-state index in [9.17, 15) is 9.59 Å². The number of likely N-dealkylation sites (N-methyl/N-ethyl adjacent to an activating group) is 1. The number of carboxylic acids is 1. The standard InChI is InChI=1S/C13H13N3O3/c1-15-8-14-10-7-9(3-4-11(10)15)16(2)12(17)5-6-13(18)19/h3-8H,1-2H3,(H,18,19)/b6-5+. The van der Waals surface area contributed by atoms with E-state index < -0.39 is 11.9 Å². The second-order valence-electron chi connectivity index (χ2n) is 4.10. The minimum absolute atomic E-state index is 0.405. The molecule has 0 radical (unpaired) electrons. The number of nitrogens with zero attached hydrogens (tertiary/aromatic N) is 3. The number of aryl methyl sites for hydroxylation is 1. The summed E-state index contributed by atoms with van der Waals surface area (Å²) in [5, 5.41) is 8.49. The average Bonchev–Trinajstić information content (AvgIpc) is 2.76. The number of carbonyl (C=O) groups is 2. The zero-order valence-corrected chi connectivity index (χ0v) is 10.6. The van der Waals surface area contributed by atoms with Gasteiger partial charge in [-0.15, -0.1) is 0 Å². The highest BCUT2D eigenvalue weighted by molar-refractivity contribution is 6.04. The third kappa shape index (κ3) is 2.62. The zero-order chi connectivity index (χ0) is 14.0. The SMILES string of the molecule is CN(C(=O)/C=C/C(=O)O)c1ccc2c(c1)ncn2C. The molecule has 6 nitrogen and oxygen atoms in total. The summed E-state index contributed by atoms with van der Waals surface area (Å²) < 4.78 is 1.88. The smallest absolute Gasteiger partial charge is 0.328 e. The minimum Gasteiger partial charge on any atom is -0.478 e. The van der Waals surface area contributed by atoms with Crippen LogP contribution in [-0.4, -0.2) is 33.6 Å². The summed E-state index contributed by atoms with van der Waals surface area (Å²) >= 11 is 0. The number of imidazole rings is 1. The molecule has 0 bridgehead atoms. The molecule has 98 valence electrons. The van der Waals surface area contributed by atoms with Crippen molar-refractivity contribution in [1.29, 1.82) is 0 Å². The molecule has 0 unspecified atom stereocenters. The summed E-state index contributed by atoms with van der Waals surface area (Å²) in [5.41, 5.74) is 2.40. The van der Waals surface area contributed by atoms with Crippen LogP contribution in [0.3, 0.4) is 0 Å². The van der Waals surface area contributed by atoms with Gasteiger partial charge in [0.05, 0.1) is 17.4 Å². The van der Waals surface area contributed by atoms with Crippen LogP contribution in [0.4, 0.5) is 5.69 Å². The van der Waals surface area contributed by atoms with Gasteiger partial charge in [0.2, 0.25) is 0 Å². The first-order valence-electron chi connectivity index (χ1n) is 5.59. The molecule has 0 aliphatic heterocycles. The lowest BCUT2D eigenvalue weighted by Gasteiger charge is -2.15. The number of hydrogen-bond acceptors (Lipinski definition) is 3. The van der Waals surface area contributed by atoms with Gasteiger partial charge in [-0.25, -0.2) is 9.78 Å². The van der Waals surface area contributed by atoms with Crippen molar-refractivity contribution >= 4 is 28.6 Å². The second kappa shape index (κ2) is 4.93. The second-order valence-corrected chi connectivity index (χ2v) is 4.10. The van der Waals surface area contributed by atoms with Gasteiger partial charge >= 0.3 is 5.97 Å². The normalized spacial score (nSPS) is 11.1.